The van der Waals surface area contributed by atoms with Crippen molar-refractivity contribution in [3.63, 3.8) is 0 Å². The zero-order valence-electron chi connectivity index (χ0n) is 1.50. The predicted molar refractivity (Wildman–Crippen MR) is 40.7 cm³/mol. The Bertz CT molecular complexity index is 8.75. The molecule has 0 unspecified atom stereocenters. The van der Waals surface area contributed by atoms with E-state index in [2.05, 4.69) is 0 Å². The number of rotatable bonds is 0. The maximum atomic E-state index is 0. The van der Waals surface area contributed by atoms with E-state index in [0.29, 0.717) is 0 Å². The van der Waals surface area contributed by atoms with Crippen molar-refractivity contribution in [2.24, 2.45) is 0 Å². The number of hydrogen-bond acceptors (Lipinski definition) is 0. The van der Waals surface area contributed by atoms with Crippen LogP contribution in [-0.4, -0.2) is 87.9 Å². The van der Waals surface area contributed by atoms with Crippen molar-refractivity contribution in [3.05, 3.63) is 0 Å². The summed E-state index contributed by atoms with van der Waals surface area (Å²) in [7, 11) is 0. The van der Waals surface area contributed by atoms with Crippen molar-refractivity contribution in [2.75, 3.05) is 0 Å². The second kappa shape index (κ2) is 55.8. The Kier molecular flexibility index (Phi) is 794. The van der Waals surface area contributed by atoms with Gasteiger partial charge in [-0.05, 0) is 0 Å². The monoisotopic (exact) mass is 362 g/mol. The molecule has 3 nitrogen and oxygen atoms in total. The minimum absolute atomic E-state index is 0. The topological polar surface area (TPSA) is 94.5 Å². The van der Waals surface area contributed by atoms with Gasteiger partial charge in [-0.25, -0.2) is 0 Å². The van der Waals surface area contributed by atoms with Gasteiger partial charge in [0.05, 0.1) is 0 Å². The third kappa shape index (κ3) is 33.9. The third-order valence-corrected chi connectivity index (χ3v) is 0. The summed E-state index contributed by atoms with van der Waals surface area (Å²) in [5.41, 5.74) is 0. The van der Waals surface area contributed by atoms with Gasteiger partial charge in [-0.2, -0.15) is 0 Å². The van der Waals surface area contributed by atoms with Crippen LogP contribution < -0.4 is 0 Å². The molecule has 0 aliphatic rings. The molecule has 0 atom stereocenters. The van der Waals surface area contributed by atoms with Crippen molar-refractivity contribution in [2.45, 2.75) is 0 Å². The molecule has 0 fully saturated rings. The van der Waals surface area contributed by atoms with Gasteiger partial charge >= 0.3 is 71.5 Å². The second-order valence-corrected chi connectivity index (χ2v) is 0. The molecule has 0 saturated heterocycles. The van der Waals surface area contributed by atoms with Crippen LogP contribution in [0.2, 0.25) is 0 Å². The summed E-state index contributed by atoms with van der Waals surface area (Å²) in [5, 5.41) is 0. The summed E-state index contributed by atoms with van der Waals surface area (Å²) >= 11 is 0. The third-order valence-electron chi connectivity index (χ3n) is 0. The molecule has 0 saturated carbocycles. The van der Waals surface area contributed by atoms with E-state index in [1.807, 2.05) is 0 Å². The van der Waals surface area contributed by atoms with Crippen LogP contribution in [-0.2, 0) is 0 Å². The van der Waals surface area contributed by atoms with Gasteiger partial charge < -0.3 is 16.4 Å². The van der Waals surface area contributed by atoms with E-state index in [1.54, 1.807) is 0 Å². The first-order chi connectivity index (χ1) is 0. The van der Waals surface area contributed by atoms with Gasteiger partial charge in [-0.15, -0.1) is 0 Å². The molecule has 0 aliphatic carbocycles. The molecule has 6 heavy (non-hydrogen) atoms. The van der Waals surface area contributed by atoms with Crippen LogP contribution in [0.15, 0.2) is 0 Å². The Morgan fingerprint density at radius 1 is 0.500 bits per heavy atom. The Hall–Kier alpha value is 2.26. The fraction of sp³-hybridized carbons (Fsp3) is 0. The number of hydrogen-bond donors (Lipinski definition) is 0. The molecule has 0 rings (SSSR count). The average Bonchev–Trinajstić information content (AvgIpc) is 0. The molecule has 0 amide bonds. The normalized spacial score (nSPS) is 0. The molecule has 0 aromatic rings. The van der Waals surface area contributed by atoms with Crippen LogP contribution >= 0.6 is 0 Å². The van der Waals surface area contributed by atoms with E-state index in [-0.39, 0.29) is 87.9 Å². The van der Waals surface area contributed by atoms with Crippen molar-refractivity contribution < 1.29 is 16.4 Å². The van der Waals surface area contributed by atoms with Crippen molar-refractivity contribution >= 4 is 71.5 Å². The summed E-state index contributed by atoms with van der Waals surface area (Å²) in [4.78, 5) is 0. The van der Waals surface area contributed by atoms with Crippen LogP contribution in [0.5, 0.6) is 0 Å². The zero-order valence-corrected chi connectivity index (χ0v) is 1.50. The van der Waals surface area contributed by atoms with Crippen LogP contribution in [0.4, 0.5) is 0 Å². The molecule has 6 heteroatoms. The van der Waals surface area contributed by atoms with Crippen LogP contribution in [0, 0.1) is 0 Å². The quantitative estimate of drug-likeness (QED) is 0.384. The molecule has 6 N–H and O–H groups in total. The standard InChI is InChI=1S/Ga.2In.3H2O.9H/h;;;3*1H2;;;;;;;;;. The van der Waals surface area contributed by atoms with Crippen molar-refractivity contribution in [3.8, 4) is 0 Å². The molecule has 0 aromatic heterocycles. The molecule has 0 aromatic carbocycles. The molecule has 0 bridgehead atoms. The Morgan fingerprint density at radius 2 is 0.500 bits per heavy atom. The fourth-order valence-corrected chi connectivity index (χ4v) is 0. The van der Waals surface area contributed by atoms with Gasteiger partial charge in [0.25, 0.3) is 0 Å². The first-order valence-electron chi connectivity index (χ1n) is 0. The van der Waals surface area contributed by atoms with Gasteiger partial charge in [-0.3, -0.25) is 0 Å². The van der Waals surface area contributed by atoms with Crippen molar-refractivity contribution in [1.29, 1.82) is 0 Å². The molecular formula is H15GaIn2O3. The maximum absolute atomic E-state index is 0. The van der Waals surface area contributed by atoms with Crippen LogP contribution in [0.3, 0.4) is 0 Å². The Balaban J connectivity index is 0. The molecule has 0 heterocycles. The zero-order chi connectivity index (χ0) is 0. The Labute approximate surface area is 86.8 Å². The predicted octanol–water partition coefficient (Wildman–Crippen LogP) is -6.03. The molecule has 0 aliphatic heterocycles. The van der Waals surface area contributed by atoms with E-state index in [1.165, 1.54) is 0 Å². The summed E-state index contributed by atoms with van der Waals surface area (Å²) in [5.74, 6) is 0. The van der Waals surface area contributed by atoms with Gasteiger partial charge in [0.15, 0.2) is 0 Å². The molecule has 0 spiro atoms. The Morgan fingerprint density at radius 3 is 0.500 bits per heavy atom. The summed E-state index contributed by atoms with van der Waals surface area (Å²) in [6, 6.07) is 0. The molecular weight excluding hydrogens is 347 g/mol. The van der Waals surface area contributed by atoms with E-state index in [0.717, 1.165) is 0 Å². The van der Waals surface area contributed by atoms with Gasteiger partial charge in [0.2, 0.25) is 0 Å². The minimum atomic E-state index is 0. The van der Waals surface area contributed by atoms with Gasteiger partial charge in [0.1, 0.15) is 0 Å². The van der Waals surface area contributed by atoms with E-state index in [9.17, 15) is 0 Å². The summed E-state index contributed by atoms with van der Waals surface area (Å²) in [6.07, 6.45) is 0. The van der Waals surface area contributed by atoms with Crippen LogP contribution in [0.25, 0.3) is 0 Å². The molecule has 0 radical (unpaired) electrons. The summed E-state index contributed by atoms with van der Waals surface area (Å²) < 4.78 is 0. The van der Waals surface area contributed by atoms with E-state index < -0.39 is 0 Å². The fourth-order valence-electron chi connectivity index (χ4n) is 0. The van der Waals surface area contributed by atoms with E-state index in [4.69, 9.17) is 0 Å². The van der Waals surface area contributed by atoms with Gasteiger partial charge in [0, 0.05) is 0 Å². The van der Waals surface area contributed by atoms with E-state index >= 15 is 0 Å². The van der Waals surface area contributed by atoms with Crippen molar-refractivity contribution in [1.82, 2.24) is 0 Å². The SMILES string of the molecule is O.O.O.[GaH3].[InH3].[InH3]. The second-order valence-electron chi connectivity index (χ2n) is 0. The first kappa shape index (κ1) is 85.4. The van der Waals surface area contributed by atoms with Gasteiger partial charge in [-0.1, -0.05) is 0 Å². The average molecular weight is 362 g/mol. The summed E-state index contributed by atoms with van der Waals surface area (Å²) in [6.45, 7) is 0. The molecule has 42 valence electrons. The van der Waals surface area contributed by atoms with Crippen LogP contribution in [0.1, 0.15) is 0 Å². The first-order valence-corrected chi connectivity index (χ1v) is 0.